The van der Waals surface area contributed by atoms with Crippen molar-refractivity contribution >= 4 is 57.8 Å². The standard InChI is InChI=1S/C11H6BrO.C9H7.2ClH.H2S.Zr/c12-10-6-8-5-7-3-1-2-4-9(7)11(8)13-10;1-2-5-9-7-3-6-8(9)4-1;;;;/h1-2,4-6,11H;1-7H;2*1H;1H2;/q;;;;;+3/p-3. The molecule has 0 aromatic heterocycles. The first-order valence-corrected chi connectivity index (χ1v) is 21.8. The summed E-state index contributed by atoms with van der Waals surface area (Å²) in [4.78, 5) is 0. The van der Waals surface area contributed by atoms with Crippen molar-refractivity contribution in [1.29, 1.82) is 0 Å². The van der Waals surface area contributed by atoms with Crippen molar-refractivity contribution in [2.45, 2.75) is 9.73 Å². The molecule has 6 heteroatoms. The van der Waals surface area contributed by atoms with Gasteiger partial charge in [0.25, 0.3) is 0 Å². The number of thiol groups is 1. The summed E-state index contributed by atoms with van der Waals surface area (Å²) in [6.45, 7) is 0. The van der Waals surface area contributed by atoms with Crippen LogP contribution in [0.15, 0.2) is 64.9 Å². The molecule has 3 aliphatic rings. The minimum absolute atomic E-state index is 0.0622. The maximum atomic E-state index is 7.31. The number of hydrogen-bond donors (Lipinski definition) is 1. The molecule has 0 fully saturated rings. The Morgan fingerprint density at radius 2 is 1.77 bits per heavy atom. The van der Waals surface area contributed by atoms with Gasteiger partial charge >= 0.3 is 174 Å². The van der Waals surface area contributed by atoms with Gasteiger partial charge in [-0.3, -0.25) is 0 Å². The fraction of sp³-hybridized carbons (Fsp3) is 0.100. The molecule has 1 nitrogen and oxygen atoms in total. The van der Waals surface area contributed by atoms with E-state index in [1.165, 1.54) is 11.1 Å². The number of allylic oxidation sites excluding steroid dienone is 1. The van der Waals surface area contributed by atoms with Crippen LogP contribution in [-0.2, 0) is 19.7 Å². The zero-order valence-electron chi connectivity index (χ0n) is 13.5. The van der Waals surface area contributed by atoms with Gasteiger partial charge in [0, 0.05) is 0 Å². The first-order chi connectivity index (χ1) is 12.3. The van der Waals surface area contributed by atoms with Crippen molar-refractivity contribution < 1.29 is 19.7 Å². The predicted octanol–water partition coefficient (Wildman–Crippen LogP) is 6.63. The van der Waals surface area contributed by atoms with Gasteiger partial charge in [0.05, 0.1) is 0 Å². The molecule has 0 N–H and O–H groups in total. The molecule has 0 saturated heterocycles. The summed E-state index contributed by atoms with van der Waals surface area (Å²) in [5.41, 5.74) is 5.64. The molecule has 1 aliphatic heterocycles. The number of ether oxygens (including phenoxy) is 1. The van der Waals surface area contributed by atoms with E-state index in [4.69, 9.17) is 31.1 Å². The molecule has 2 atom stereocenters. The zero-order chi connectivity index (χ0) is 18.1. The molecule has 1 heterocycles. The van der Waals surface area contributed by atoms with Crippen LogP contribution in [0, 0.1) is 0 Å². The second kappa shape index (κ2) is 5.88. The molecule has 0 radical (unpaired) electrons. The molecular weight excluding hydrogens is 530 g/mol. The molecule has 0 spiro atoms. The van der Waals surface area contributed by atoms with Crippen LogP contribution >= 0.6 is 42.3 Å². The molecule has 2 unspecified atom stereocenters. The second-order valence-electron chi connectivity index (χ2n) is 6.90. The van der Waals surface area contributed by atoms with E-state index in [1.54, 1.807) is 0 Å². The quantitative estimate of drug-likeness (QED) is 0.418. The van der Waals surface area contributed by atoms with Crippen molar-refractivity contribution in [3.63, 3.8) is 0 Å². The van der Waals surface area contributed by atoms with Crippen LogP contribution in [0.3, 0.4) is 0 Å². The van der Waals surface area contributed by atoms with Gasteiger partial charge in [0.1, 0.15) is 0 Å². The van der Waals surface area contributed by atoms with Crippen LogP contribution < -0.4 is 3.27 Å². The van der Waals surface area contributed by atoms with E-state index >= 15 is 0 Å². The Hall–Kier alpha value is -0.247. The first-order valence-electron chi connectivity index (χ1n) is 8.32. The molecule has 5 rings (SSSR count). The molecule has 0 amide bonds. The van der Waals surface area contributed by atoms with Gasteiger partial charge in [-0.2, -0.15) is 0 Å². The normalized spacial score (nSPS) is 24.1. The Morgan fingerprint density at radius 3 is 2.62 bits per heavy atom. The van der Waals surface area contributed by atoms with E-state index in [0.717, 1.165) is 24.6 Å². The number of hydrogen-bond acceptors (Lipinski definition) is 2. The first kappa shape index (κ1) is 17.8. The summed E-state index contributed by atoms with van der Waals surface area (Å²) < 4.78 is 7.58. The second-order valence-corrected chi connectivity index (χ2v) is 34.7. The molecular formula is C20H14BrCl2OSZr. The summed E-state index contributed by atoms with van der Waals surface area (Å²) in [7, 11) is 19.7. The van der Waals surface area contributed by atoms with E-state index in [2.05, 4.69) is 52.4 Å². The predicted molar refractivity (Wildman–Crippen MR) is 114 cm³/mol. The van der Waals surface area contributed by atoms with Crippen molar-refractivity contribution in [3.05, 3.63) is 87.1 Å². The fourth-order valence-corrected chi connectivity index (χ4v) is 17.8. The van der Waals surface area contributed by atoms with Gasteiger partial charge in [0.15, 0.2) is 0 Å². The molecule has 2 aromatic rings. The van der Waals surface area contributed by atoms with Crippen LogP contribution in [0.2, 0.25) is 0 Å². The van der Waals surface area contributed by atoms with Gasteiger partial charge in [0.2, 0.25) is 0 Å². The fourth-order valence-electron chi connectivity index (χ4n) is 4.16. The summed E-state index contributed by atoms with van der Waals surface area (Å²) in [6, 6.07) is 14.4. The third kappa shape index (κ3) is 2.53. The summed E-state index contributed by atoms with van der Waals surface area (Å²) in [6.07, 6.45) is 8.29. The van der Waals surface area contributed by atoms with E-state index in [0.29, 0.717) is 0 Å². The number of rotatable bonds is 2. The van der Waals surface area contributed by atoms with Crippen LogP contribution in [0.25, 0.3) is 12.2 Å². The van der Waals surface area contributed by atoms with E-state index < -0.39 is 14.9 Å². The Kier molecular flexibility index (Phi) is 4.03. The van der Waals surface area contributed by atoms with Crippen LogP contribution in [0.1, 0.15) is 32.0 Å². The van der Waals surface area contributed by atoms with E-state index in [9.17, 15) is 0 Å². The Labute approximate surface area is 172 Å². The van der Waals surface area contributed by atoms with Crippen molar-refractivity contribution in [2.75, 3.05) is 0 Å². The molecule has 131 valence electrons. The van der Waals surface area contributed by atoms with Gasteiger partial charge in [-0.1, -0.05) is 0 Å². The molecule has 0 bridgehead atoms. The number of fused-ring (bicyclic) bond motifs is 4. The number of halogens is 3. The Bertz CT molecular complexity index is 1050. The van der Waals surface area contributed by atoms with Crippen molar-refractivity contribution in [2.24, 2.45) is 0 Å². The van der Waals surface area contributed by atoms with Crippen molar-refractivity contribution in [1.82, 2.24) is 0 Å². The maximum absolute atomic E-state index is 7.31. The zero-order valence-corrected chi connectivity index (χ0v) is 19.9. The van der Waals surface area contributed by atoms with Gasteiger partial charge in [-0.25, -0.2) is 0 Å². The average Bonchev–Trinajstić information content (AvgIpc) is 3.25. The van der Waals surface area contributed by atoms with Gasteiger partial charge < -0.3 is 0 Å². The van der Waals surface area contributed by atoms with E-state index in [-0.39, 0.29) is 9.73 Å². The van der Waals surface area contributed by atoms with Crippen LogP contribution in [-0.4, -0.2) is 0 Å². The monoisotopic (exact) mass is 541 g/mol. The molecule has 2 aliphatic carbocycles. The Morgan fingerprint density at radius 1 is 1.00 bits per heavy atom. The number of benzene rings is 2. The molecule has 2 aromatic carbocycles. The summed E-state index contributed by atoms with van der Waals surface area (Å²) >= 11 is -1.25. The minimum atomic E-state index is -4.67. The van der Waals surface area contributed by atoms with Gasteiger partial charge in [-0.05, 0) is 0 Å². The van der Waals surface area contributed by atoms with Crippen molar-refractivity contribution in [3.8, 4) is 0 Å². The molecule has 0 saturated carbocycles. The topological polar surface area (TPSA) is 9.23 Å². The summed E-state index contributed by atoms with van der Waals surface area (Å²) in [5, 5.41) is 0. The van der Waals surface area contributed by atoms with Crippen LogP contribution in [0.5, 0.6) is 0 Å². The van der Waals surface area contributed by atoms with Gasteiger partial charge in [-0.15, -0.1) is 0 Å². The average molecular weight is 544 g/mol. The third-order valence-corrected chi connectivity index (χ3v) is 21.3. The third-order valence-electron chi connectivity index (χ3n) is 5.36. The van der Waals surface area contributed by atoms with Crippen LogP contribution in [0.4, 0.5) is 0 Å². The molecule has 26 heavy (non-hydrogen) atoms. The summed E-state index contributed by atoms with van der Waals surface area (Å²) in [5.74, 6) is 0. The Balaban J connectivity index is 1.69. The SMILES string of the molecule is [SH][Zr]([Cl])([Cl])([c]1cccc2c1C=C1C=C(Br)OC12)[CH]1C=Cc2ccccc21. The van der Waals surface area contributed by atoms with E-state index in [1.807, 2.05) is 30.3 Å².